The summed E-state index contributed by atoms with van der Waals surface area (Å²) in [5.74, 6) is 5.96. The number of nitrogens with zero attached hydrogens (tertiary/aromatic N) is 4. The standard InChI is InChI=1S/C7H8N6S2/c8-11-6-5(12-13-15-6)4-14-7-9-2-1-3-10-7/h1-3,11H,4,8H2. The van der Waals surface area contributed by atoms with Gasteiger partial charge in [-0.25, -0.2) is 15.8 Å². The second-order valence-corrected chi connectivity index (χ2v) is 4.21. The van der Waals surface area contributed by atoms with Gasteiger partial charge < -0.3 is 5.43 Å². The molecule has 0 bridgehead atoms. The van der Waals surface area contributed by atoms with Gasteiger partial charge in [0.15, 0.2) is 5.16 Å². The molecule has 78 valence electrons. The number of thioether (sulfide) groups is 1. The second-order valence-electron chi connectivity index (χ2n) is 2.51. The number of nitrogen functional groups attached to an aromatic ring is 1. The Labute approximate surface area is 94.5 Å². The molecule has 0 aliphatic rings. The highest BCUT2D eigenvalue weighted by Crippen LogP contribution is 2.23. The van der Waals surface area contributed by atoms with E-state index in [1.165, 1.54) is 23.3 Å². The number of rotatable bonds is 4. The molecule has 0 aliphatic carbocycles. The first-order valence-corrected chi connectivity index (χ1v) is 5.83. The molecule has 0 aromatic carbocycles. The molecule has 0 fully saturated rings. The van der Waals surface area contributed by atoms with Crippen LogP contribution in [0.2, 0.25) is 0 Å². The van der Waals surface area contributed by atoms with Crippen molar-refractivity contribution >= 4 is 28.3 Å². The van der Waals surface area contributed by atoms with Crippen molar-refractivity contribution in [1.29, 1.82) is 0 Å². The lowest BCUT2D eigenvalue weighted by molar-refractivity contribution is 0.963. The van der Waals surface area contributed by atoms with Crippen LogP contribution < -0.4 is 11.3 Å². The van der Waals surface area contributed by atoms with E-state index >= 15 is 0 Å². The van der Waals surface area contributed by atoms with Gasteiger partial charge in [-0.2, -0.15) is 0 Å². The quantitative estimate of drug-likeness (QED) is 0.355. The number of aromatic nitrogens is 4. The van der Waals surface area contributed by atoms with E-state index < -0.39 is 0 Å². The minimum absolute atomic E-state index is 0.653. The largest absolute Gasteiger partial charge is 0.313 e. The molecule has 3 N–H and O–H groups in total. The molecule has 0 saturated heterocycles. The summed E-state index contributed by atoms with van der Waals surface area (Å²) in [5.41, 5.74) is 3.37. The highest BCUT2D eigenvalue weighted by Gasteiger charge is 2.07. The Hall–Kier alpha value is -1.25. The van der Waals surface area contributed by atoms with Crippen LogP contribution in [0.4, 0.5) is 5.00 Å². The normalized spacial score (nSPS) is 10.2. The number of anilines is 1. The maximum atomic E-state index is 5.30. The van der Waals surface area contributed by atoms with Crippen LogP contribution in [0.15, 0.2) is 23.6 Å². The molecule has 0 atom stereocenters. The Morgan fingerprint density at radius 3 is 2.93 bits per heavy atom. The Morgan fingerprint density at radius 1 is 1.40 bits per heavy atom. The molecule has 2 rings (SSSR count). The van der Waals surface area contributed by atoms with Crippen molar-refractivity contribution in [2.75, 3.05) is 5.43 Å². The fourth-order valence-corrected chi connectivity index (χ4v) is 2.23. The van der Waals surface area contributed by atoms with E-state index in [4.69, 9.17) is 5.84 Å². The summed E-state index contributed by atoms with van der Waals surface area (Å²) in [6, 6.07) is 1.78. The fourth-order valence-electron chi connectivity index (χ4n) is 0.906. The zero-order valence-electron chi connectivity index (χ0n) is 7.62. The van der Waals surface area contributed by atoms with Crippen molar-refractivity contribution in [1.82, 2.24) is 19.6 Å². The average Bonchev–Trinajstić information content (AvgIpc) is 2.75. The third-order valence-corrected chi connectivity index (χ3v) is 3.15. The van der Waals surface area contributed by atoms with Crippen molar-refractivity contribution < 1.29 is 0 Å². The summed E-state index contributed by atoms with van der Waals surface area (Å²) in [5, 5.41) is 5.44. The summed E-state index contributed by atoms with van der Waals surface area (Å²) >= 11 is 2.73. The first kappa shape index (κ1) is 10.3. The predicted octanol–water partition coefficient (Wildman–Crippen LogP) is 0.906. The first-order chi connectivity index (χ1) is 7.40. The van der Waals surface area contributed by atoms with E-state index in [0.717, 1.165) is 10.7 Å². The van der Waals surface area contributed by atoms with Crippen LogP contribution in [0.25, 0.3) is 0 Å². The van der Waals surface area contributed by atoms with Gasteiger partial charge in [0.05, 0.1) is 0 Å². The Bertz CT molecular complexity index is 416. The maximum Gasteiger partial charge on any atom is 0.187 e. The van der Waals surface area contributed by atoms with Crippen molar-refractivity contribution in [3.63, 3.8) is 0 Å². The summed E-state index contributed by atoms with van der Waals surface area (Å²) in [4.78, 5) is 8.18. The van der Waals surface area contributed by atoms with Crippen LogP contribution in [0.1, 0.15) is 5.69 Å². The molecule has 2 heterocycles. The van der Waals surface area contributed by atoms with Crippen molar-refractivity contribution in [2.24, 2.45) is 5.84 Å². The molecule has 8 heteroatoms. The molecule has 0 saturated carbocycles. The van der Waals surface area contributed by atoms with Crippen LogP contribution in [0.5, 0.6) is 0 Å². The minimum atomic E-state index is 0.653. The van der Waals surface area contributed by atoms with Gasteiger partial charge in [0.2, 0.25) is 0 Å². The smallest absolute Gasteiger partial charge is 0.187 e. The Kier molecular flexibility index (Phi) is 3.43. The second kappa shape index (κ2) is 5.01. The summed E-state index contributed by atoms with van der Waals surface area (Å²) in [7, 11) is 0. The van der Waals surface area contributed by atoms with Gasteiger partial charge in [-0.1, -0.05) is 16.3 Å². The first-order valence-electron chi connectivity index (χ1n) is 4.08. The van der Waals surface area contributed by atoms with Crippen molar-refractivity contribution in [3.8, 4) is 0 Å². The van der Waals surface area contributed by atoms with Crippen LogP contribution >= 0.6 is 23.3 Å². The van der Waals surface area contributed by atoms with E-state index in [0.29, 0.717) is 10.9 Å². The van der Waals surface area contributed by atoms with Gasteiger partial charge in [-0.05, 0) is 6.07 Å². The lowest BCUT2D eigenvalue weighted by Crippen LogP contribution is -2.06. The molecule has 0 aliphatic heterocycles. The number of nitrogens with one attached hydrogen (secondary N) is 1. The topological polar surface area (TPSA) is 89.6 Å². The number of hydrazine groups is 1. The summed E-state index contributed by atoms with van der Waals surface area (Å²) < 4.78 is 3.80. The zero-order valence-corrected chi connectivity index (χ0v) is 9.25. The number of nitrogens with two attached hydrogens (primary N) is 1. The van der Waals surface area contributed by atoms with Gasteiger partial charge >= 0.3 is 0 Å². The van der Waals surface area contributed by atoms with Crippen LogP contribution in [-0.2, 0) is 5.75 Å². The van der Waals surface area contributed by atoms with Gasteiger partial charge in [-0.3, -0.25) is 0 Å². The molecule has 6 nitrogen and oxygen atoms in total. The lowest BCUT2D eigenvalue weighted by Gasteiger charge is -1.98. The van der Waals surface area contributed by atoms with E-state index in [9.17, 15) is 0 Å². The lowest BCUT2D eigenvalue weighted by atomic mass is 10.5. The maximum absolute atomic E-state index is 5.30. The van der Waals surface area contributed by atoms with Gasteiger partial charge in [0.25, 0.3) is 0 Å². The highest BCUT2D eigenvalue weighted by molar-refractivity contribution is 7.98. The van der Waals surface area contributed by atoms with Crippen molar-refractivity contribution in [3.05, 3.63) is 24.2 Å². The fraction of sp³-hybridized carbons (Fsp3) is 0.143. The van der Waals surface area contributed by atoms with E-state index in [-0.39, 0.29) is 0 Å². The molecular formula is C7H8N6S2. The number of hydrogen-bond acceptors (Lipinski definition) is 8. The van der Waals surface area contributed by atoms with Crippen LogP contribution in [0.3, 0.4) is 0 Å². The average molecular weight is 240 g/mol. The SMILES string of the molecule is NNc1snnc1CSc1ncccn1. The Balaban J connectivity index is 1.99. The van der Waals surface area contributed by atoms with Crippen molar-refractivity contribution in [2.45, 2.75) is 10.9 Å². The zero-order chi connectivity index (χ0) is 10.5. The molecule has 15 heavy (non-hydrogen) atoms. The molecule has 0 spiro atoms. The summed E-state index contributed by atoms with van der Waals surface area (Å²) in [6.07, 6.45) is 3.41. The van der Waals surface area contributed by atoms with Crippen LogP contribution in [0, 0.1) is 0 Å². The monoisotopic (exact) mass is 240 g/mol. The third-order valence-electron chi connectivity index (χ3n) is 1.57. The van der Waals surface area contributed by atoms with Gasteiger partial charge in [-0.15, -0.1) is 5.10 Å². The van der Waals surface area contributed by atoms with E-state index in [1.807, 2.05) is 0 Å². The summed E-state index contributed by atoms with van der Waals surface area (Å²) in [6.45, 7) is 0. The Morgan fingerprint density at radius 2 is 2.20 bits per heavy atom. The third kappa shape index (κ3) is 2.61. The molecule has 0 radical (unpaired) electrons. The minimum Gasteiger partial charge on any atom is -0.313 e. The molecule has 2 aromatic rings. The van der Waals surface area contributed by atoms with Gasteiger partial charge in [0, 0.05) is 29.7 Å². The number of hydrogen-bond donors (Lipinski definition) is 2. The molecular weight excluding hydrogens is 232 g/mol. The highest BCUT2D eigenvalue weighted by atomic mass is 32.2. The van der Waals surface area contributed by atoms with Crippen LogP contribution in [-0.4, -0.2) is 19.6 Å². The molecule has 2 aromatic heterocycles. The van der Waals surface area contributed by atoms with E-state index in [2.05, 4.69) is 25.0 Å². The molecule has 0 unspecified atom stereocenters. The van der Waals surface area contributed by atoms with E-state index in [1.54, 1.807) is 18.5 Å². The van der Waals surface area contributed by atoms with Gasteiger partial charge in [0.1, 0.15) is 10.7 Å². The predicted molar refractivity (Wildman–Crippen MR) is 59.3 cm³/mol. The molecule has 0 amide bonds.